The Bertz CT molecular complexity index is 369. The fourth-order valence-corrected chi connectivity index (χ4v) is 3.39. The van der Waals surface area contributed by atoms with Crippen molar-refractivity contribution in [1.82, 2.24) is 15.2 Å². The minimum Gasteiger partial charge on any atom is -0.374 e. The van der Waals surface area contributed by atoms with Crippen molar-refractivity contribution < 1.29 is 0 Å². The lowest BCUT2D eigenvalue weighted by molar-refractivity contribution is 1.01. The van der Waals surface area contributed by atoms with Crippen LogP contribution in [0.5, 0.6) is 0 Å². The van der Waals surface area contributed by atoms with Gasteiger partial charge in [-0.2, -0.15) is 0 Å². The zero-order chi connectivity index (χ0) is 9.26. The average molecular weight is 230 g/mol. The molecule has 68 valence electrons. The second kappa shape index (κ2) is 3.60. The largest absolute Gasteiger partial charge is 0.374 e. The number of aryl methyl sites for hydroxylation is 1. The molecule has 0 aromatic carbocycles. The van der Waals surface area contributed by atoms with Gasteiger partial charge in [0.25, 0.3) is 0 Å². The molecule has 2 aromatic heterocycles. The Balaban J connectivity index is 2.14. The van der Waals surface area contributed by atoms with Crippen molar-refractivity contribution in [3.05, 3.63) is 11.1 Å². The Labute approximate surface area is 87.2 Å². The van der Waals surface area contributed by atoms with Crippen LogP contribution in [0.2, 0.25) is 0 Å². The molecule has 2 heterocycles. The van der Waals surface area contributed by atoms with Gasteiger partial charge in [0.1, 0.15) is 0 Å². The van der Waals surface area contributed by atoms with Crippen LogP contribution in [0.4, 0.5) is 5.13 Å². The van der Waals surface area contributed by atoms with Crippen LogP contribution in [0.3, 0.4) is 0 Å². The Morgan fingerprint density at radius 3 is 2.77 bits per heavy atom. The van der Waals surface area contributed by atoms with Gasteiger partial charge in [0.15, 0.2) is 8.68 Å². The number of nitrogens with zero attached hydrogens (tertiary/aromatic N) is 3. The van der Waals surface area contributed by atoms with E-state index in [0.29, 0.717) is 5.13 Å². The first-order valence-electron chi connectivity index (χ1n) is 3.43. The molecule has 2 rings (SSSR count). The molecule has 0 saturated carbocycles. The number of anilines is 1. The second-order valence-electron chi connectivity index (χ2n) is 2.26. The van der Waals surface area contributed by atoms with Gasteiger partial charge in [-0.05, 0) is 18.7 Å². The van der Waals surface area contributed by atoms with Crippen LogP contribution in [0.25, 0.3) is 0 Å². The molecule has 7 heteroatoms. The summed E-state index contributed by atoms with van der Waals surface area (Å²) in [5.41, 5.74) is 6.48. The van der Waals surface area contributed by atoms with Crippen LogP contribution in [-0.2, 0) is 0 Å². The first kappa shape index (κ1) is 8.92. The van der Waals surface area contributed by atoms with Crippen molar-refractivity contribution in [3.8, 4) is 0 Å². The van der Waals surface area contributed by atoms with E-state index in [1.807, 2.05) is 12.3 Å². The first-order chi connectivity index (χ1) is 6.24. The van der Waals surface area contributed by atoms with E-state index in [0.717, 1.165) is 14.4 Å². The van der Waals surface area contributed by atoms with E-state index in [1.165, 1.54) is 23.1 Å². The Kier molecular flexibility index (Phi) is 2.47. The predicted molar refractivity (Wildman–Crippen MR) is 55.3 cm³/mol. The van der Waals surface area contributed by atoms with Crippen LogP contribution < -0.4 is 5.73 Å². The lowest BCUT2D eigenvalue weighted by Gasteiger charge is -1.86. The minimum atomic E-state index is 0.496. The third-order valence-electron chi connectivity index (χ3n) is 1.19. The summed E-state index contributed by atoms with van der Waals surface area (Å²) in [5, 5.41) is 10.1. The van der Waals surface area contributed by atoms with Crippen molar-refractivity contribution in [3.63, 3.8) is 0 Å². The van der Waals surface area contributed by atoms with E-state index < -0.39 is 0 Å². The van der Waals surface area contributed by atoms with Crippen LogP contribution >= 0.6 is 34.4 Å². The van der Waals surface area contributed by atoms with E-state index in [2.05, 4.69) is 15.2 Å². The summed E-state index contributed by atoms with van der Waals surface area (Å²) < 4.78 is 1.82. The highest BCUT2D eigenvalue weighted by molar-refractivity contribution is 8.02. The molecule has 0 unspecified atom stereocenters. The van der Waals surface area contributed by atoms with E-state index in [4.69, 9.17) is 5.73 Å². The Morgan fingerprint density at radius 2 is 2.23 bits per heavy atom. The van der Waals surface area contributed by atoms with Gasteiger partial charge >= 0.3 is 0 Å². The van der Waals surface area contributed by atoms with Gasteiger partial charge in [0.2, 0.25) is 5.13 Å². The van der Waals surface area contributed by atoms with Gasteiger partial charge in [-0.1, -0.05) is 11.3 Å². The third-order valence-corrected chi connectivity index (χ3v) is 4.05. The fourth-order valence-electron chi connectivity index (χ4n) is 0.716. The first-order valence-corrected chi connectivity index (χ1v) is 5.94. The molecule has 2 N–H and O–H groups in total. The summed E-state index contributed by atoms with van der Waals surface area (Å²) in [6.45, 7) is 1.97. The fraction of sp³-hybridized carbons (Fsp3) is 0.167. The average Bonchev–Trinajstić information content (AvgIpc) is 2.62. The van der Waals surface area contributed by atoms with E-state index in [9.17, 15) is 0 Å². The molecule has 0 saturated heterocycles. The molecule has 0 amide bonds. The summed E-state index contributed by atoms with van der Waals surface area (Å²) in [7, 11) is 0. The summed E-state index contributed by atoms with van der Waals surface area (Å²) in [5.74, 6) is 0. The lowest BCUT2D eigenvalue weighted by Crippen LogP contribution is -1.79. The molecule has 0 spiro atoms. The molecule has 0 bridgehead atoms. The standard InChI is InChI=1S/C6H6N4S3/c1-3-2-11-5(8-3)13-6-10-9-4(7)12-6/h2H,1H3,(H2,7,9). The van der Waals surface area contributed by atoms with Gasteiger partial charge < -0.3 is 5.73 Å². The van der Waals surface area contributed by atoms with Gasteiger partial charge in [-0.3, -0.25) is 0 Å². The van der Waals surface area contributed by atoms with Crippen LogP contribution in [0.1, 0.15) is 5.69 Å². The van der Waals surface area contributed by atoms with Gasteiger partial charge in [-0.15, -0.1) is 21.5 Å². The number of hydrogen-bond acceptors (Lipinski definition) is 7. The summed E-state index contributed by atoms with van der Waals surface area (Å²) in [4.78, 5) is 4.29. The van der Waals surface area contributed by atoms with E-state index in [1.54, 1.807) is 11.3 Å². The van der Waals surface area contributed by atoms with E-state index >= 15 is 0 Å². The maximum Gasteiger partial charge on any atom is 0.203 e. The van der Waals surface area contributed by atoms with Crippen molar-refractivity contribution in [2.75, 3.05) is 5.73 Å². The Hall–Kier alpha value is -0.660. The highest BCUT2D eigenvalue weighted by atomic mass is 32.2. The molecule has 0 atom stereocenters. The molecule has 13 heavy (non-hydrogen) atoms. The molecule has 4 nitrogen and oxygen atoms in total. The number of nitrogens with two attached hydrogens (primary N) is 1. The van der Waals surface area contributed by atoms with E-state index in [-0.39, 0.29) is 0 Å². The number of nitrogen functional groups attached to an aromatic ring is 1. The van der Waals surface area contributed by atoms with Crippen molar-refractivity contribution >= 4 is 39.6 Å². The van der Waals surface area contributed by atoms with Crippen LogP contribution in [0.15, 0.2) is 14.1 Å². The van der Waals surface area contributed by atoms with Gasteiger partial charge in [0, 0.05) is 11.1 Å². The van der Waals surface area contributed by atoms with Gasteiger partial charge in [0.05, 0.1) is 0 Å². The number of hydrogen-bond donors (Lipinski definition) is 1. The van der Waals surface area contributed by atoms with Crippen LogP contribution in [0, 0.1) is 6.92 Å². The summed E-state index contributed by atoms with van der Waals surface area (Å²) in [6.07, 6.45) is 0. The second-order valence-corrected chi connectivity index (χ2v) is 5.62. The molecule has 0 aliphatic carbocycles. The summed E-state index contributed by atoms with van der Waals surface area (Å²) in [6, 6.07) is 0. The maximum absolute atomic E-state index is 5.45. The molecular formula is C6H6N4S3. The smallest absolute Gasteiger partial charge is 0.203 e. The lowest BCUT2D eigenvalue weighted by atomic mass is 10.6. The third kappa shape index (κ3) is 2.17. The normalized spacial score (nSPS) is 10.5. The van der Waals surface area contributed by atoms with Crippen molar-refractivity contribution in [2.45, 2.75) is 15.6 Å². The monoisotopic (exact) mass is 230 g/mol. The molecule has 0 aliphatic heterocycles. The van der Waals surface area contributed by atoms with Gasteiger partial charge in [-0.25, -0.2) is 4.98 Å². The zero-order valence-corrected chi connectivity index (χ0v) is 9.17. The molecule has 0 radical (unpaired) electrons. The zero-order valence-electron chi connectivity index (χ0n) is 6.72. The highest BCUT2D eigenvalue weighted by Crippen LogP contribution is 2.32. The maximum atomic E-state index is 5.45. The summed E-state index contributed by atoms with van der Waals surface area (Å²) >= 11 is 4.48. The topological polar surface area (TPSA) is 64.7 Å². The molecular weight excluding hydrogens is 224 g/mol. The van der Waals surface area contributed by atoms with Crippen LogP contribution in [-0.4, -0.2) is 15.2 Å². The quantitative estimate of drug-likeness (QED) is 0.855. The predicted octanol–water partition coefficient (Wildman–Crippen LogP) is 2.04. The Morgan fingerprint density at radius 1 is 1.38 bits per heavy atom. The molecule has 2 aromatic rings. The number of thiazole rings is 1. The molecule has 0 fully saturated rings. The number of aromatic nitrogens is 3. The number of rotatable bonds is 2. The van der Waals surface area contributed by atoms with Crippen molar-refractivity contribution in [1.29, 1.82) is 0 Å². The minimum absolute atomic E-state index is 0.496. The SMILES string of the molecule is Cc1csc(Sc2nnc(N)s2)n1. The highest BCUT2D eigenvalue weighted by Gasteiger charge is 2.06. The molecule has 0 aliphatic rings. The van der Waals surface area contributed by atoms with Crippen molar-refractivity contribution in [2.24, 2.45) is 0 Å².